The number of hydrogen-bond donors (Lipinski definition) is 6. The van der Waals surface area contributed by atoms with Crippen molar-refractivity contribution in [1.82, 2.24) is 10.6 Å². The lowest BCUT2D eigenvalue weighted by molar-refractivity contribution is -0.125. The Kier molecular flexibility index (Phi) is 15.9. The van der Waals surface area contributed by atoms with Crippen LogP contribution in [-0.4, -0.2) is 69.6 Å². The van der Waals surface area contributed by atoms with Gasteiger partial charge in [-0.05, 0) is 57.6 Å². The van der Waals surface area contributed by atoms with Crippen LogP contribution in [0.25, 0.3) is 0 Å². The first-order chi connectivity index (χ1) is 22.9. The predicted molar refractivity (Wildman–Crippen MR) is 189 cm³/mol. The van der Waals surface area contributed by atoms with E-state index in [4.69, 9.17) is 0 Å². The molecular formula is C34H40B2N2O8S2. The van der Waals surface area contributed by atoms with Crippen LogP contribution < -0.4 is 10.6 Å². The molecule has 252 valence electrons. The van der Waals surface area contributed by atoms with Crippen LogP contribution >= 0.6 is 22.7 Å². The van der Waals surface area contributed by atoms with E-state index < -0.39 is 38.0 Å². The molecule has 0 spiro atoms. The monoisotopic (exact) mass is 690 g/mol. The molecule has 0 aliphatic carbocycles. The number of amides is 2. The highest BCUT2D eigenvalue weighted by molar-refractivity contribution is 7.08. The van der Waals surface area contributed by atoms with Crippen LogP contribution in [0.15, 0.2) is 94.3 Å². The molecule has 2 heterocycles. The van der Waals surface area contributed by atoms with Crippen LogP contribution in [0.2, 0.25) is 0 Å². The second-order valence-electron chi connectivity index (χ2n) is 11.5. The Balaban J connectivity index is 0.000000260. The molecule has 4 aromatic rings. The van der Waals surface area contributed by atoms with E-state index in [1.807, 2.05) is 45.8 Å². The minimum absolute atomic E-state index is 0.0720. The summed E-state index contributed by atoms with van der Waals surface area (Å²) in [5, 5.41) is 50.7. The SMILES string of the molecule is C[C@@H](CC(=O)c1ccccc1)C(=O)N[C@@H](Cc1ccsc1)B(O)O.C[C@H](CC(=O)c1ccccc1)C(=O)N[C@@H](Cc1ccsc1)B(O)O. The number of Topliss-reactive ketones (excluding diaryl/α,β-unsaturated/α-hetero) is 2. The van der Waals surface area contributed by atoms with E-state index in [0.717, 1.165) is 11.1 Å². The summed E-state index contributed by atoms with van der Waals surface area (Å²) >= 11 is 3.01. The predicted octanol–water partition coefficient (Wildman–Crippen LogP) is 3.39. The van der Waals surface area contributed by atoms with E-state index >= 15 is 0 Å². The van der Waals surface area contributed by atoms with Gasteiger partial charge in [-0.1, -0.05) is 74.5 Å². The second kappa shape index (κ2) is 19.8. The highest BCUT2D eigenvalue weighted by Gasteiger charge is 2.29. The molecule has 48 heavy (non-hydrogen) atoms. The Morgan fingerprint density at radius 2 is 0.958 bits per heavy atom. The number of nitrogens with one attached hydrogen (secondary N) is 2. The van der Waals surface area contributed by atoms with Gasteiger partial charge in [-0.15, -0.1) is 0 Å². The van der Waals surface area contributed by atoms with Gasteiger partial charge in [-0.2, -0.15) is 22.7 Å². The lowest BCUT2D eigenvalue weighted by Gasteiger charge is -2.20. The third-order valence-electron chi connectivity index (χ3n) is 7.52. The average Bonchev–Trinajstić information content (AvgIpc) is 3.80. The van der Waals surface area contributed by atoms with Crippen LogP contribution in [-0.2, 0) is 22.4 Å². The lowest BCUT2D eigenvalue weighted by Crippen LogP contribution is -2.49. The molecule has 0 aliphatic heterocycles. The number of carbonyl (C=O) groups is 4. The fraction of sp³-hybridized carbons (Fsp3) is 0.294. The van der Waals surface area contributed by atoms with E-state index in [1.54, 1.807) is 62.4 Å². The summed E-state index contributed by atoms with van der Waals surface area (Å²) in [4.78, 5) is 48.9. The number of carbonyl (C=O) groups excluding carboxylic acids is 4. The summed E-state index contributed by atoms with van der Waals surface area (Å²) in [5.74, 6) is -3.68. The van der Waals surface area contributed by atoms with Crippen molar-refractivity contribution in [3.63, 3.8) is 0 Å². The van der Waals surface area contributed by atoms with E-state index in [0.29, 0.717) is 24.0 Å². The minimum atomic E-state index is -1.66. The second-order valence-corrected chi connectivity index (χ2v) is 13.1. The summed E-state index contributed by atoms with van der Waals surface area (Å²) in [6, 6.07) is 21.3. The molecule has 4 rings (SSSR count). The molecule has 0 saturated heterocycles. The molecule has 2 aromatic carbocycles. The van der Waals surface area contributed by atoms with E-state index in [9.17, 15) is 39.3 Å². The summed E-state index contributed by atoms with van der Waals surface area (Å²) in [5.41, 5.74) is 2.97. The Bertz CT molecular complexity index is 1440. The van der Waals surface area contributed by atoms with Crippen molar-refractivity contribution in [1.29, 1.82) is 0 Å². The molecule has 2 amide bonds. The molecule has 6 N–H and O–H groups in total. The summed E-state index contributed by atoms with van der Waals surface area (Å²) < 4.78 is 0. The molecule has 0 fully saturated rings. The quantitative estimate of drug-likeness (QED) is 0.0767. The number of hydrogen-bond acceptors (Lipinski definition) is 10. The standard InChI is InChI=1S/2C17H20BNO4S/c2*1-12(9-15(20)14-5-3-2-4-6-14)17(21)19-16(18(22)23)10-13-7-8-24-11-13/h2*2-8,11-12,16,22-23H,9-10H2,1H3,(H,19,21)/t12-,16+;12-,16-/m10/s1. The summed E-state index contributed by atoms with van der Waals surface area (Å²) in [6.45, 7) is 3.31. The summed E-state index contributed by atoms with van der Waals surface area (Å²) in [6.07, 6.45) is 0.795. The maximum Gasteiger partial charge on any atom is 0.475 e. The van der Waals surface area contributed by atoms with Crippen LogP contribution in [0.5, 0.6) is 0 Å². The number of ketones is 2. The topological polar surface area (TPSA) is 173 Å². The Morgan fingerprint density at radius 1 is 0.604 bits per heavy atom. The first-order valence-corrected chi connectivity index (χ1v) is 17.3. The van der Waals surface area contributed by atoms with Gasteiger partial charge >= 0.3 is 14.2 Å². The first-order valence-electron chi connectivity index (χ1n) is 15.5. The Morgan fingerprint density at radius 3 is 1.25 bits per heavy atom. The molecule has 2 aromatic heterocycles. The third-order valence-corrected chi connectivity index (χ3v) is 8.98. The zero-order chi connectivity index (χ0) is 35.1. The molecule has 4 atom stereocenters. The maximum absolute atomic E-state index is 12.3. The average molecular weight is 690 g/mol. The summed E-state index contributed by atoms with van der Waals surface area (Å²) in [7, 11) is -3.32. The number of benzene rings is 2. The van der Waals surface area contributed by atoms with Gasteiger partial charge in [0.05, 0.1) is 11.9 Å². The first kappa shape index (κ1) is 38.5. The third kappa shape index (κ3) is 12.9. The van der Waals surface area contributed by atoms with E-state index in [2.05, 4.69) is 10.6 Å². The largest absolute Gasteiger partial charge is 0.475 e. The Hall–Kier alpha value is -3.91. The lowest BCUT2D eigenvalue weighted by atomic mass is 9.76. The van der Waals surface area contributed by atoms with Gasteiger partial charge in [0.1, 0.15) is 0 Å². The van der Waals surface area contributed by atoms with E-state index in [1.165, 1.54) is 22.7 Å². The molecule has 0 radical (unpaired) electrons. The zero-order valence-electron chi connectivity index (χ0n) is 26.8. The van der Waals surface area contributed by atoms with Gasteiger partial charge in [-0.3, -0.25) is 19.2 Å². The van der Waals surface area contributed by atoms with Gasteiger partial charge in [0.2, 0.25) is 11.8 Å². The van der Waals surface area contributed by atoms with Crippen molar-refractivity contribution in [2.75, 3.05) is 0 Å². The van der Waals surface area contributed by atoms with Crippen LogP contribution in [0.3, 0.4) is 0 Å². The number of rotatable bonds is 16. The molecule has 0 bridgehead atoms. The van der Waals surface area contributed by atoms with Crippen molar-refractivity contribution in [3.05, 3.63) is 117 Å². The van der Waals surface area contributed by atoms with Crippen molar-refractivity contribution >= 4 is 60.3 Å². The molecule has 14 heteroatoms. The van der Waals surface area contributed by atoms with Crippen molar-refractivity contribution < 1.29 is 39.3 Å². The van der Waals surface area contributed by atoms with Crippen molar-refractivity contribution in [2.45, 2.75) is 51.4 Å². The fourth-order valence-corrected chi connectivity index (χ4v) is 6.03. The normalized spacial score (nSPS) is 13.1. The van der Waals surface area contributed by atoms with Crippen molar-refractivity contribution in [3.8, 4) is 0 Å². The fourth-order valence-electron chi connectivity index (χ4n) is 4.66. The minimum Gasteiger partial charge on any atom is -0.426 e. The maximum atomic E-state index is 12.3. The van der Waals surface area contributed by atoms with Gasteiger partial charge in [0.25, 0.3) is 0 Å². The van der Waals surface area contributed by atoms with Crippen molar-refractivity contribution in [2.24, 2.45) is 11.8 Å². The molecule has 0 unspecified atom stereocenters. The molecule has 0 aliphatic rings. The van der Waals surface area contributed by atoms with Crippen LogP contribution in [0.4, 0.5) is 0 Å². The highest BCUT2D eigenvalue weighted by Crippen LogP contribution is 2.14. The number of thiophene rings is 2. The van der Waals surface area contributed by atoms with Gasteiger partial charge in [0.15, 0.2) is 11.6 Å². The molecular weight excluding hydrogens is 650 g/mol. The highest BCUT2D eigenvalue weighted by atomic mass is 32.1. The molecule has 10 nitrogen and oxygen atoms in total. The van der Waals surface area contributed by atoms with Gasteiger partial charge in [0, 0.05) is 35.8 Å². The van der Waals surface area contributed by atoms with Crippen LogP contribution in [0, 0.1) is 11.8 Å². The van der Waals surface area contributed by atoms with Gasteiger partial charge < -0.3 is 30.7 Å². The van der Waals surface area contributed by atoms with Gasteiger partial charge in [-0.25, -0.2) is 0 Å². The molecule has 0 saturated carbocycles. The smallest absolute Gasteiger partial charge is 0.426 e. The van der Waals surface area contributed by atoms with Crippen LogP contribution in [0.1, 0.15) is 58.5 Å². The van der Waals surface area contributed by atoms with E-state index in [-0.39, 0.29) is 36.2 Å². The zero-order valence-corrected chi connectivity index (χ0v) is 28.4. The Labute approximate surface area is 289 Å².